The maximum atomic E-state index is 12.9. The Morgan fingerprint density at radius 3 is 2.81 bits per heavy atom. The molecular weight excluding hydrogens is 404 g/mol. The van der Waals surface area contributed by atoms with Crippen molar-refractivity contribution < 1.29 is 4.79 Å². The molecule has 0 unspecified atom stereocenters. The zero-order chi connectivity index (χ0) is 19.6. The van der Waals surface area contributed by atoms with Crippen LogP contribution in [0.3, 0.4) is 0 Å². The van der Waals surface area contributed by atoms with Gasteiger partial charge in [0.15, 0.2) is 10.3 Å². The van der Waals surface area contributed by atoms with E-state index in [1.165, 1.54) is 23.1 Å². The normalized spacial score (nSPS) is 11.3. The molecule has 0 aliphatic carbocycles. The highest BCUT2D eigenvalue weighted by Gasteiger charge is 2.15. The van der Waals surface area contributed by atoms with E-state index in [-0.39, 0.29) is 23.1 Å². The molecule has 0 saturated carbocycles. The highest BCUT2D eigenvalue weighted by Crippen LogP contribution is 2.22. The number of thioether (sulfide) groups is 1. The predicted octanol–water partition coefficient (Wildman–Crippen LogP) is 4.20. The molecule has 0 aliphatic rings. The summed E-state index contributed by atoms with van der Waals surface area (Å²) in [7, 11) is 0. The quantitative estimate of drug-likeness (QED) is 0.475. The average molecular weight is 423 g/mol. The van der Waals surface area contributed by atoms with Crippen LogP contribution in [0.15, 0.2) is 33.5 Å². The number of nitrogens with zero attached hydrogens (tertiary/aromatic N) is 3. The second-order valence-electron chi connectivity index (χ2n) is 6.50. The average Bonchev–Trinajstić information content (AvgIpc) is 3.01. The van der Waals surface area contributed by atoms with E-state index in [1.54, 1.807) is 22.8 Å². The summed E-state index contributed by atoms with van der Waals surface area (Å²) in [6, 6.07) is 5.06. The van der Waals surface area contributed by atoms with Gasteiger partial charge < -0.3 is 5.32 Å². The van der Waals surface area contributed by atoms with Gasteiger partial charge in [0.25, 0.3) is 5.56 Å². The zero-order valence-corrected chi connectivity index (χ0v) is 17.5. The summed E-state index contributed by atoms with van der Waals surface area (Å²) < 4.78 is 1.62. The van der Waals surface area contributed by atoms with Gasteiger partial charge in [0.2, 0.25) is 5.91 Å². The smallest absolute Gasteiger partial charge is 0.262 e. The van der Waals surface area contributed by atoms with E-state index in [2.05, 4.69) is 15.3 Å². The van der Waals surface area contributed by atoms with Crippen LogP contribution >= 0.6 is 34.7 Å². The third kappa shape index (κ3) is 4.88. The van der Waals surface area contributed by atoms with Crippen LogP contribution < -0.4 is 10.9 Å². The third-order valence-electron chi connectivity index (χ3n) is 3.63. The van der Waals surface area contributed by atoms with Gasteiger partial charge in [-0.15, -0.1) is 11.3 Å². The molecule has 27 heavy (non-hydrogen) atoms. The van der Waals surface area contributed by atoms with Gasteiger partial charge in [0.05, 0.1) is 22.3 Å². The number of thiazole rings is 1. The fourth-order valence-electron chi connectivity index (χ4n) is 2.51. The number of hydrogen-bond donors (Lipinski definition) is 1. The predicted molar refractivity (Wildman–Crippen MR) is 112 cm³/mol. The van der Waals surface area contributed by atoms with Crippen LogP contribution in [0.25, 0.3) is 10.9 Å². The molecule has 0 atom stereocenters. The Bertz CT molecular complexity index is 1050. The van der Waals surface area contributed by atoms with E-state index in [1.807, 2.05) is 26.2 Å². The van der Waals surface area contributed by atoms with Crippen LogP contribution in [0.1, 0.15) is 19.5 Å². The van der Waals surface area contributed by atoms with Crippen molar-refractivity contribution in [2.75, 3.05) is 11.1 Å². The molecule has 0 radical (unpaired) electrons. The van der Waals surface area contributed by atoms with E-state index in [0.29, 0.717) is 32.8 Å². The highest BCUT2D eigenvalue weighted by atomic mass is 35.5. The molecule has 0 fully saturated rings. The molecule has 3 rings (SSSR count). The fraction of sp³-hybridized carbons (Fsp3) is 0.333. The number of aromatic nitrogens is 3. The first-order valence-corrected chi connectivity index (χ1v) is 10.6. The molecule has 6 nitrogen and oxygen atoms in total. The molecule has 1 amide bonds. The molecular formula is C18H19ClN4O2S2. The Balaban J connectivity index is 1.86. The molecule has 3 aromatic rings. The van der Waals surface area contributed by atoms with E-state index in [0.717, 1.165) is 5.69 Å². The summed E-state index contributed by atoms with van der Waals surface area (Å²) in [4.78, 5) is 33.9. The number of fused-ring (bicyclic) bond motifs is 1. The maximum absolute atomic E-state index is 12.9. The van der Waals surface area contributed by atoms with Crippen LogP contribution in [0, 0.1) is 12.8 Å². The zero-order valence-electron chi connectivity index (χ0n) is 15.2. The number of aryl methyl sites for hydroxylation is 1. The molecule has 0 spiro atoms. The highest BCUT2D eigenvalue weighted by molar-refractivity contribution is 7.99. The Morgan fingerprint density at radius 1 is 1.37 bits per heavy atom. The first-order valence-electron chi connectivity index (χ1n) is 8.38. The fourth-order valence-corrected chi connectivity index (χ4v) is 4.19. The van der Waals surface area contributed by atoms with Crippen LogP contribution in [0.4, 0.5) is 5.13 Å². The maximum Gasteiger partial charge on any atom is 0.262 e. The Morgan fingerprint density at radius 2 is 2.15 bits per heavy atom. The number of benzene rings is 1. The molecule has 9 heteroatoms. The number of anilines is 1. The number of halogens is 1. The molecule has 1 N–H and O–H groups in total. The number of amides is 1. The van der Waals surface area contributed by atoms with Gasteiger partial charge in [-0.25, -0.2) is 9.97 Å². The first kappa shape index (κ1) is 19.9. The van der Waals surface area contributed by atoms with Crippen molar-refractivity contribution in [2.24, 2.45) is 5.92 Å². The van der Waals surface area contributed by atoms with Gasteiger partial charge in [-0.3, -0.25) is 14.2 Å². The van der Waals surface area contributed by atoms with E-state index in [9.17, 15) is 9.59 Å². The van der Waals surface area contributed by atoms with Crippen molar-refractivity contribution in [3.8, 4) is 0 Å². The standard InChI is InChI=1S/C18H19ClN4O2S2/c1-10(2)7-23-16(25)13-6-12(19)4-5-14(13)21-18(23)27-9-15(24)22-17-20-11(3)8-26-17/h4-6,8,10H,7,9H2,1-3H3,(H,20,22,24). The minimum absolute atomic E-state index is 0.141. The van der Waals surface area contributed by atoms with Crippen LogP contribution in [-0.4, -0.2) is 26.2 Å². The van der Waals surface area contributed by atoms with Gasteiger partial charge in [0.1, 0.15) is 0 Å². The summed E-state index contributed by atoms with van der Waals surface area (Å²) in [5.41, 5.74) is 1.29. The molecule has 2 heterocycles. The summed E-state index contributed by atoms with van der Waals surface area (Å²) in [6.45, 7) is 6.45. The van der Waals surface area contributed by atoms with E-state index >= 15 is 0 Å². The van der Waals surface area contributed by atoms with Crippen molar-refractivity contribution in [1.82, 2.24) is 14.5 Å². The summed E-state index contributed by atoms with van der Waals surface area (Å²) in [6.07, 6.45) is 0. The lowest BCUT2D eigenvalue weighted by Crippen LogP contribution is -2.26. The molecule has 142 valence electrons. The van der Waals surface area contributed by atoms with Gasteiger partial charge in [-0.2, -0.15) is 0 Å². The Kier molecular flexibility index (Phi) is 6.18. The minimum Gasteiger partial charge on any atom is -0.301 e. The molecule has 0 bridgehead atoms. The second kappa shape index (κ2) is 8.41. The lowest BCUT2D eigenvalue weighted by atomic mass is 10.2. The van der Waals surface area contributed by atoms with Crippen molar-refractivity contribution in [3.63, 3.8) is 0 Å². The van der Waals surface area contributed by atoms with Gasteiger partial charge in [-0.05, 0) is 31.0 Å². The van der Waals surface area contributed by atoms with Gasteiger partial charge in [-0.1, -0.05) is 37.2 Å². The van der Waals surface area contributed by atoms with Gasteiger partial charge in [0, 0.05) is 16.9 Å². The number of carbonyl (C=O) groups is 1. The number of carbonyl (C=O) groups excluding carboxylic acids is 1. The summed E-state index contributed by atoms with van der Waals surface area (Å²) >= 11 is 8.65. The second-order valence-corrected chi connectivity index (χ2v) is 8.73. The number of rotatable bonds is 6. The van der Waals surface area contributed by atoms with Crippen molar-refractivity contribution >= 4 is 56.6 Å². The van der Waals surface area contributed by atoms with Crippen LogP contribution in [0.5, 0.6) is 0 Å². The topological polar surface area (TPSA) is 76.9 Å². The number of hydrogen-bond acceptors (Lipinski definition) is 6. The lowest BCUT2D eigenvalue weighted by molar-refractivity contribution is -0.113. The largest absolute Gasteiger partial charge is 0.301 e. The minimum atomic E-state index is -0.184. The molecule has 0 aliphatic heterocycles. The van der Waals surface area contributed by atoms with Crippen LogP contribution in [-0.2, 0) is 11.3 Å². The molecule has 1 aromatic carbocycles. The van der Waals surface area contributed by atoms with Crippen molar-refractivity contribution in [3.05, 3.63) is 44.6 Å². The third-order valence-corrected chi connectivity index (χ3v) is 5.71. The van der Waals surface area contributed by atoms with Crippen molar-refractivity contribution in [1.29, 1.82) is 0 Å². The first-order chi connectivity index (χ1) is 12.8. The van der Waals surface area contributed by atoms with E-state index < -0.39 is 0 Å². The SMILES string of the molecule is Cc1csc(NC(=O)CSc2nc3ccc(Cl)cc3c(=O)n2CC(C)C)n1. The summed E-state index contributed by atoms with van der Waals surface area (Å²) in [5.74, 6) is 0.214. The molecule has 2 aromatic heterocycles. The van der Waals surface area contributed by atoms with Crippen LogP contribution in [0.2, 0.25) is 5.02 Å². The van der Waals surface area contributed by atoms with Crippen molar-refractivity contribution in [2.45, 2.75) is 32.5 Å². The molecule has 0 saturated heterocycles. The monoisotopic (exact) mass is 422 g/mol. The van der Waals surface area contributed by atoms with E-state index in [4.69, 9.17) is 11.6 Å². The summed E-state index contributed by atoms with van der Waals surface area (Å²) in [5, 5.41) is 6.71. The Hall–Kier alpha value is -1.90. The number of nitrogens with one attached hydrogen (secondary N) is 1. The van der Waals surface area contributed by atoms with Gasteiger partial charge >= 0.3 is 0 Å². The lowest BCUT2D eigenvalue weighted by Gasteiger charge is -2.14. The Labute approximate surface area is 170 Å².